The van der Waals surface area contributed by atoms with Gasteiger partial charge in [-0.1, -0.05) is 36.4 Å². The van der Waals surface area contributed by atoms with Crippen LogP contribution in [0.1, 0.15) is 59.9 Å². The van der Waals surface area contributed by atoms with Crippen molar-refractivity contribution in [3.8, 4) is 0 Å². The summed E-state index contributed by atoms with van der Waals surface area (Å²) >= 11 is 0. The van der Waals surface area contributed by atoms with Gasteiger partial charge in [0.2, 0.25) is 15.9 Å². The number of esters is 1. The van der Waals surface area contributed by atoms with Crippen molar-refractivity contribution < 1.29 is 41.9 Å². The van der Waals surface area contributed by atoms with Crippen LogP contribution in [-0.4, -0.2) is 92.5 Å². The lowest BCUT2D eigenvalue weighted by Gasteiger charge is -2.33. The number of carbonyl (C=O) groups is 5. The summed E-state index contributed by atoms with van der Waals surface area (Å²) in [7, 11) is -4.27. The molecule has 3 aromatic rings. The Morgan fingerprint density at radius 2 is 1.56 bits per heavy atom. The molecule has 2 aromatic carbocycles. The minimum absolute atomic E-state index is 0.0189. The van der Waals surface area contributed by atoms with Gasteiger partial charge >= 0.3 is 12.1 Å². The molecule has 0 unspecified atom stereocenters. The van der Waals surface area contributed by atoms with Gasteiger partial charge in [0.05, 0.1) is 0 Å². The smallest absolute Gasteiger partial charge is 0.410 e. The molecule has 0 bridgehead atoms. The number of piperidine rings is 1. The Hall–Kier alpha value is -5.35. The minimum atomic E-state index is -4.27. The SMILES string of the molecule is CC(C)(C)OC(=O)N1CCC(CNC(=O)c2cccc(C(=O)NC[C@H](NS(=O)(=O)c3cccnc3)C(=O)NCC(=O)OCc3ccccc3)c2)CC1. The zero-order valence-electron chi connectivity index (χ0n) is 29.3. The lowest BCUT2D eigenvalue weighted by molar-refractivity contribution is -0.145. The fraction of sp³-hybridized carbons (Fsp3) is 0.389. The number of rotatable bonds is 14. The Balaban J connectivity index is 1.32. The third-order valence-corrected chi connectivity index (χ3v) is 9.34. The Kier molecular flexibility index (Phi) is 13.8. The second-order valence-electron chi connectivity index (χ2n) is 13.1. The molecular formula is C36H44N6O9S. The number of nitrogens with zero attached hydrogens (tertiary/aromatic N) is 2. The number of nitrogens with one attached hydrogen (secondary N) is 4. The van der Waals surface area contributed by atoms with Gasteiger partial charge in [0, 0.05) is 49.7 Å². The first-order valence-electron chi connectivity index (χ1n) is 16.7. The van der Waals surface area contributed by atoms with Crippen LogP contribution in [0.5, 0.6) is 0 Å². The van der Waals surface area contributed by atoms with Gasteiger partial charge in [0.1, 0.15) is 29.7 Å². The van der Waals surface area contributed by atoms with Gasteiger partial charge < -0.3 is 30.3 Å². The molecule has 1 aliphatic rings. The fourth-order valence-electron chi connectivity index (χ4n) is 5.10. The van der Waals surface area contributed by atoms with Crippen molar-refractivity contribution in [2.45, 2.75) is 56.8 Å². The normalized spacial score (nSPS) is 14.1. The highest BCUT2D eigenvalue weighted by molar-refractivity contribution is 7.89. The van der Waals surface area contributed by atoms with Crippen LogP contribution < -0.4 is 20.7 Å². The zero-order valence-corrected chi connectivity index (χ0v) is 30.1. The molecule has 16 heteroatoms. The molecule has 1 fully saturated rings. The Bertz CT molecular complexity index is 1810. The Morgan fingerprint density at radius 1 is 0.885 bits per heavy atom. The Morgan fingerprint density at radius 3 is 2.19 bits per heavy atom. The number of carbonyl (C=O) groups excluding carboxylic acids is 5. The van der Waals surface area contributed by atoms with E-state index in [2.05, 4.69) is 25.7 Å². The molecule has 1 aliphatic heterocycles. The summed E-state index contributed by atoms with van der Waals surface area (Å²) in [5.74, 6) is -2.57. The van der Waals surface area contributed by atoms with Gasteiger partial charge in [-0.2, -0.15) is 4.72 Å². The maximum absolute atomic E-state index is 13.2. The van der Waals surface area contributed by atoms with E-state index in [0.717, 1.165) is 11.8 Å². The lowest BCUT2D eigenvalue weighted by Crippen LogP contribution is -2.53. The molecular weight excluding hydrogens is 692 g/mol. The number of ether oxygens (including phenoxy) is 2. The van der Waals surface area contributed by atoms with Crippen LogP contribution >= 0.6 is 0 Å². The van der Waals surface area contributed by atoms with Crippen LogP contribution in [0.15, 0.2) is 84.0 Å². The van der Waals surface area contributed by atoms with E-state index in [9.17, 15) is 32.4 Å². The molecule has 4 amide bonds. The van der Waals surface area contributed by atoms with E-state index in [1.54, 1.807) is 35.2 Å². The maximum atomic E-state index is 13.2. The van der Waals surface area contributed by atoms with Crippen molar-refractivity contribution in [2.75, 3.05) is 32.7 Å². The zero-order chi connectivity index (χ0) is 37.7. The lowest BCUT2D eigenvalue weighted by atomic mass is 9.97. The number of sulfonamides is 1. The van der Waals surface area contributed by atoms with Crippen molar-refractivity contribution in [3.05, 3.63) is 95.8 Å². The largest absolute Gasteiger partial charge is 0.460 e. The molecule has 2 heterocycles. The predicted octanol–water partition coefficient (Wildman–Crippen LogP) is 2.40. The first-order valence-corrected chi connectivity index (χ1v) is 18.2. The standard InChI is InChI=1S/C36H44N6O9S/c1-36(2,3)51-35(47)42-17-14-25(15-18-42)20-38-32(44)27-11-7-12-28(19-27)33(45)39-22-30(41-52(48,49)29-13-8-16-37-21-29)34(46)40-23-31(43)50-24-26-9-5-4-6-10-26/h4-13,16,19,21,25,30,41H,14-15,17-18,20,22-24H2,1-3H3,(H,38,44)(H,39,45)(H,40,46)/t30-/m0/s1. The molecule has 1 saturated heterocycles. The fourth-order valence-corrected chi connectivity index (χ4v) is 6.26. The van der Waals surface area contributed by atoms with Crippen LogP contribution in [0.3, 0.4) is 0 Å². The van der Waals surface area contributed by atoms with Gasteiger partial charge in [-0.3, -0.25) is 24.2 Å². The maximum Gasteiger partial charge on any atom is 0.410 e. The Labute approximate surface area is 302 Å². The molecule has 0 aliphatic carbocycles. The van der Waals surface area contributed by atoms with Crippen molar-refractivity contribution in [3.63, 3.8) is 0 Å². The van der Waals surface area contributed by atoms with Gasteiger partial charge in [-0.05, 0) is 75.4 Å². The molecule has 0 spiro atoms. The summed E-state index contributed by atoms with van der Waals surface area (Å²) < 4.78 is 39.0. The average molecular weight is 737 g/mol. The number of hydrogen-bond acceptors (Lipinski definition) is 10. The van der Waals surface area contributed by atoms with E-state index in [0.29, 0.717) is 32.5 Å². The highest BCUT2D eigenvalue weighted by Gasteiger charge is 2.29. The highest BCUT2D eigenvalue weighted by atomic mass is 32.2. The molecule has 15 nitrogen and oxygen atoms in total. The second-order valence-corrected chi connectivity index (χ2v) is 14.9. The number of likely N-dealkylation sites (tertiary alicyclic amines) is 1. The minimum Gasteiger partial charge on any atom is -0.460 e. The van der Waals surface area contributed by atoms with Crippen molar-refractivity contribution in [1.82, 2.24) is 30.6 Å². The third-order valence-electron chi connectivity index (χ3n) is 7.88. The van der Waals surface area contributed by atoms with Gasteiger partial charge in [0.25, 0.3) is 11.8 Å². The second kappa shape index (κ2) is 18.2. The molecule has 4 N–H and O–H groups in total. The summed E-state index contributed by atoms with van der Waals surface area (Å²) in [5, 5.41) is 7.77. The van der Waals surface area contributed by atoms with Crippen LogP contribution in [0, 0.1) is 5.92 Å². The number of amides is 4. The van der Waals surface area contributed by atoms with E-state index in [1.807, 2.05) is 26.8 Å². The molecule has 1 atom stereocenters. The van der Waals surface area contributed by atoms with Crippen LogP contribution in [-0.2, 0) is 35.7 Å². The summed E-state index contributed by atoms with van der Waals surface area (Å²) in [6.45, 7) is 5.78. The van der Waals surface area contributed by atoms with Crippen molar-refractivity contribution in [2.24, 2.45) is 5.92 Å². The molecule has 1 aromatic heterocycles. The monoisotopic (exact) mass is 736 g/mol. The first-order chi connectivity index (χ1) is 24.7. The van der Waals surface area contributed by atoms with Crippen LogP contribution in [0.4, 0.5) is 4.79 Å². The summed E-state index contributed by atoms with van der Waals surface area (Å²) in [4.78, 5) is 69.2. The quantitative estimate of drug-likeness (QED) is 0.178. The van der Waals surface area contributed by atoms with E-state index in [1.165, 1.54) is 36.5 Å². The van der Waals surface area contributed by atoms with Crippen molar-refractivity contribution in [1.29, 1.82) is 0 Å². The van der Waals surface area contributed by atoms with Crippen molar-refractivity contribution >= 4 is 39.8 Å². The van der Waals surface area contributed by atoms with E-state index < -0.39 is 58.4 Å². The summed E-state index contributed by atoms with van der Waals surface area (Å²) in [6, 6.07) is 16.0. The summed E-state index contributed by atoms with van der Waals surface area (Å²) in [5.41, 5.74) is 0.476. The first kappa shape index (κ1) is 39.4. The number of benzene rings is 2. The van der Waals surface area contributed by atoms with E-state index >= 15 is 0 Å². The predicted molar refractivity (Wildman–Crippen MR) is 189 cm³/mol. The van der Waals surface area contributed by atoms with E-state index in [4.69, 9.17) is 9.47 Å². The van der Waals surface area contributed by atoms with Gasteiger partial charge in [0.15, 0.2) is 0 Å². The van der Waals surface area contributed by atoms with Gasteiger partial charge in [-0.15, -0.1) is 0 Å². The van der Waals surface area contributed by atoms with Crippen LogP contribution in [0.25, 0.3) is 0 Å². The molecule has 0 saturated carbocycles. The molecule has 278 valence electrons. The molecule has 4 rings (SSSR count). The average Bonchev–Trinajstić information content (AvgIpc) is 3.13. The van der Waals surface area contributed by atoms with E-state index in [-0.39, 0.29) is 34.6 Å². The number of pyridine rings is 1. The van der Waals surface area contributed by atoms with Crippen LogP contribution in [0.2, 0.25) is 0 Å². The molecule has 0 radical (unpaired) electrons. The summed E-state index contributed by atoms with van der Waals surface area (Å²) in [6.07, 6.45) is 3.50. The topological polar surface area (TPSA) is 202 Å². The van der Waals surface area contributed by atoms with Gasteiger partial charge in [-0.25, -0.2) is 13.2 Å². The number of aromatic nitrogens is 1. The molecule has 52 heavy (non-hydrogen) atoms. The third kappa shape index (κ3) is 12.5. The highest BCUT2D eigenvalue weighted by Crippen LogP contribution is 2.19. The number of hydrogen-bond donors (Lipinski definition) is 4.